The number of anilines is 1. The lowest BCUT2D eigenvalue weighted by Crippen LogP contribution is -2.12. The molecular weight excluding hydrogens is 358 g/mol. The van der Waals surface area contributed by atoms with Crippen molar-refractivity contribution in [3.05, 3.63) is 39.6 Å². The van der Waals surface area contributed by atoms with E-state index >= 15 is 0 Å². The van der Waals surface area contributed by atoms with Crippen LogP contribution in [0, 0.1) is 0 Å². The number of esters is 1. The standard InChI is InChI=1S/C13H12BrN3O3S/c1-2-20-11(18)5-9-7-21-13(16-9)17-12(19)8-3-4-10(14)15-6-8/h3-4,6-7H,2,5H2,1H3,(H,16,17,19). The van der Waals surface area contributed by atoms with Crippen molar-refractivity contribution in [1.82, 2.24) is 9.97 Å². The van der Waals surface area contributed by atoms with E-state index in [1.165, 1.54) is 17.5 Å². The Hall–Kier alpha value is -1.80. The number of rotatable bonds is 5. The lowest BCUT2D eigenvalue weighted by molar-refractivity contribution is -0.142. The van der Waals surface area contributed by atoms with Gasteiger partial charge < -0.3 is 4.74 Å². The lowest BCUT2D eigenvalue weighted by atomic mass is 10.3. The van der Waals surface area contributed by atoms with Crippen LogP contribution in [-0.4, -0.2) is 28.5 Å². The summed E-state index contributed by atoms with van der Waals surface area (Å²) >= 11 is 4.46. The minimum Gasteiger partial charge on any atom is -0.466 e. The van der Waals surface area contributed by atoms with E-state index in [1.807, 2.05) is 0 Å². The Balaban J connectivity index is 1.97. The molecule has 110 valence electrons. The molecular formula is C13H12BrN3O3S. The Bertz CT molecular complexity index is 642. The zero-order valence-corrected chi connectivity index (χ0v) is 13.5. The van der Waals surface area contributed by atoms with Crippen LogP contribution in [0.5, 0.6) is 0 Å². The van der Waals surface area contributed by atoms with Crippen molar-refractivity contribution in [2.24, 2.45) is 0 Å². The number of nitrogens with zero attached hydrogens (tertiary/aromatic N) is 2. The van der Waals surface area contributed by atoms with Gasteiger partial charge in [0.15, 0.2) is 5.13 Å². The summed E-state index contributed by atoms with van der Waals surface area (Å²) in [6.07, 6.45) is 1.56. The number of carbonyl (C=O) groups is 2. The van der Waals surface area contributed by atoms with Crippen LogP contribution in [0.1, 0.15) is 23.0 Å². The molecule has 0 saturated heterocycles. The van der Waals surface area contributed by atoms with Crippen LogP contribution in [0.25, 0.3) is 0 Å². The fourth-order valence-corrected chi connectivity index (χ4v) is 2.42. The monoisotopic (exact) mass is 369 g/mol. The summed E-state index contributed by atoms with van der Waals surface area (Å²) in [4.78, 5) is 31.5. The first-order valence-corrected chi connectivity index (χ1v) is 7.78. The Morgan fingerprint density at radius 2 is 2.24 bits per heavy atom. The molecule has 0 atom stereocenters. The Morgan fingerprint density at radius 1 is 1.43 bits per heavy atom. The van der Waals surface area contributed by atoms with E-state index in [1.54, 1.807) is 24.4 Å². The largest absolute Gasteiger partial charge is 0.466 e. The molecule has 0 spiro atoms. The van der Waals surface area contributed by atoms with Gasteiger partial charge in [0, 0.05) is 11.6 Å². The van der Waals surface area contributed by atoms with Gasteiger partial charge in [-0.25, -0.2) is 9.97 Å². The van der Waals surface area contributed by atoms with E-state index in [4.69, 9.17) is 4.74 Å². The number of thiazole rings is 1. The summed E-state index contributed by atoms with van der Waals surface area (Å²) < 4.78 is 5.50. The first kappa shape index (κ1) is 15.6. The van der Waals surface area contributed by atoms with Crippen LogP contribution in [0.3, 0.4) is 0 Å². The van der Waals surface area contributed by atoms with Gasteiger partial charge in [0.1, 0.15) is 4.60 Å². The highest BCUT2D eigenvalue weighted by atomic mass is 79.9. The second-order valence-corrected chi connectivity index (χ2v) is 5.62. The molecule has 2 heterocycles. The molecule has 2 rings (SSSR count). The molecule has 0 aliphatic rings. The quantitative estimate of drug-likeness (QED) is 0.647. The fraction of sp³-hybridized carbons (Fsp3) is 0.231. The highest BCUT2D eigenvalue weighted by molar-refractivity contribution is 9.10. The number of aromatic nitrogens is 2. The molecule has 21 heavy (non-hydrogen) atoms. The summed E-state index contributed by atoms with van der Waals surface area (Å²) in [5, 5.41) is 4.81. The molecule has 0 aliphatic heterocycles. The van der Waals surface area contributed by atoms with Crippen LogP contribution < -0.4 is 5.32 Å². The van der Waals surface area contributed by atoms with Crippen LogP contribution >= 0.6 is 27.3 Å². The molecule has 2 aromatic heterocycles. The van der Waals surface area contributed by atoms with Gasteiger partial charge >= 0.3 is 5.97 Å². The molecule has 0 radical (unpaired) electrons. The number of hydrogen-bond acceptors (Lipinski definition) is 6. The van der Waals surface area contributed by atoms with Crippen LogP contribution in [-0.2, 0) is 16.0 Å². The van der Waals surface area contributed by atoms with Crippen molar-refractivity contribution in [3.8, 4) is 0 Å². The van der Waals surface area contributed by atoms with Gasteiger partial charge in [-0.05, 0) is 35.0 Å². The Morgan fingerprint density at radius 3 is 2.90 bits per heavy atom. The second-order valence-electron chi connectivity index (χ2n) is 3.95. The van der Waals surface area contributed by atoms with Gasteiger partial charge in [0.05, 0.1) is 24.3 Å². The third-order valence-electron chi connectivity index (χ3n) is 2.39. The van der Waals surface area contributed by atoms with Gasteiger partial charge in [0.2, 0.25) is 0 Å². The number of nitrogens with one attached hydrogen (secondary N) is 1. The van der Waals surface area contributed by atoms with Crippen molar-refractivity contribution in [2.45, 2.75) is 13.3 Å². The second kappa shape index (κ2) is 7.28. The minimum atomic E-state index is -0.335. The fourth-order valence-electron chi connectivity index (χ4n) is 1.48. The van der Waals surface area contributed by atoms with Crippen molar-refractivity contribution >= 4 is 44.3 Å². The zero-order valence-electron chi connectivity index (χ0n) is 11.1. The molecule has 0 aliphatic carbocycles. The Kier molecular flexibility index (Phi) is 5.40. The van der Waals surface area contributed by atoms with Gasteiger partial charge in [-0.2, -0.15) is 0 Å². The van der Waals surface area contributed by atoms with Gasteiger partial charge in [-0.3, -0.25) is 14.9 Å². The molecule has 1 amide bonds. The van der Waals surface area contributed by atoms with Crippen LogP contribution in [0.2, 0.25) is 0 Å². The molecule has 8 heteroatoms. The van der Waals surface area contributed by atoms with Gasteiger partial charge in [-0.15, -0.1) is 11.3 Å². The molecule has 0 bridgehead atoms. The van der Waals surface area contributed by atoms with E-state index in [-0.39, 0.29) is 18.3 Å². The smallest absolute Gasteiger partial charge is 0.311 e. The molecule has 0 aromatic carbocycles. The molecule has 0 fully saturated rings. The highest BCUT2D eigenvalue weighted by Gasteiger charge is 2.11. The number of amides is 1. The van der Waals surface area contributed by atoms with Crippen molar-refractivity contribution in [2.75, 3.05) is 11.9 Å². The Labute approximate surface area is 133 Å². The van der Waals surface area contributed by atoms with Crippen molar-refractivity contribution < 1.29 is 14.3 Å². The predicted octanol–water partition coefficient (Wildman–Crippen LogP) is 2.66. The molecule has 0 saturated carbocycles. The maximum Gasteiger partial charge on any atom is 0.311 e. The average Bonchev–Trinajstić information content (AvgIpc) is 2.86. The lowest BCUT2D eigenvalue weighted by Gasteiger charge is -2.01. The number of hydrogen-bond donors (Lipinski definition) is 1. The van der Waals surface area contributed by atoms with E-state index in [2.05, 4.69) is 31.2 Å². The molecule has 2 aromatic rings. The van der Waals surface area contributed by atoms with E-state index in [0.717, 1.165) is 0 Å². The van der Waals surface area contributed by atoms with Crippen molar-refractivity contribution in [1.29, 1.82) is 0 Å². The van der Waals surface area contributed by atoms with E-state index < -0.39 is 0 Å². The molecule has 1 N–H and O–H groups in total. The number of ether oxygens (including phenoxy) is 1. The van der Waals surface area contributed by atoms with Crippen LogP contribution in [0.15, 0.2) is 28.3 Å². The summed E-state index contributed by atoms with van der Waals surface area (Å²) in [5.74, 6) is -0.634. The topological polar surface area (TPSA) is 81.2 Å². The predicted molar refractivity (Wildman–Crippen MR) is 82.3 cm³/mol. The summed E-state index contributed by atoms with van der Waals surface area (Å²) in [6, 6.07) is 3.34. The maximum absolute atomic E-state index is 12.0. The van der Waals surface area contributed by atoms with Crippen LogP contribution in [0.4, 0.5) is 5.13 Å². The maximum atomic E-state index is 12.0. The summed E-state index contributed by atoms with van der Waals surface area (Å²) in [5.41, 5.74) is 1.00. The SMILES string of the molecule is CCOC(=O)Cc1csc(NC(=O)c2ccc(Br)nc2)n1. The number of halogens is 1. The highest BCUT2D eigenvalue weighted by Crippen LogP contribution is 2.17. The van der Waals surface area contributed by atoms with E-state index in [9.17, 15) is 9.59 Å². The third kappa shape index (κ3) is 4.61. The summed E-state index contributed by atoms with van der Waals surface area (Å²) in [7, 11) is 0. The molecule has 0 unspecified atom stereocenters. The average molecular weight is 370 g/mol. The van der Waals surface area contributed by atoms with Crippen molar-refractivity contribution in [3.63, 3.8) is 0 Å². The summed E-state index contributed by atoms with van der Waals surface area (Å²) in [6.45, 7) is 2.08. The minimum absolute atomic E-state index is 0.0973. The zero-order chi connectivity index (χ0) is 15.2. The first-order valence-electron chi connectivity index (χ1n) is 6.11. The third-order valence-corrected chi connectivity index (χ3v) is 3.67. The number of carbonyl (C=O) groups excluding carboxylic acids is 2. The number of pyridine rings is 1. The van der Waals surface area contributed by atoms with Gasteiger partial charge in [0.25, 0.3) is 5.91 Å². The normalized spacial score (nSPS) is 10.2. The molecule has 6 nitrogen and oxygen atoms in total. The van der Waals surface area contributed by atoms with Gasteiger partial charge in [-0.1, -0.05) is 0 Å². The van der Waals surface area contributed by atoms with E-state index in [0.29, 0.717) is 27.6 Å². The first-order chi connectivity index (χ1) is 10.1.